The van der Waals surface area contributed by atoms with Crippen molar-refractivity contribution in [1.82, 2.24) is 4.98 Å². The number of anilines is 3. The van der Waals surface area contributed by atoms with Crippen LogP contribution >= 0.6 is 11.3 Å². The molecule has 0 bridgehead atoms. The Morgan fingerprint density at radius 1 is 1.42 bits per heavy atom. The highest BCUT2D eigenvalue weighted by molar-refractivity contribution is 7.18. The zero-order valence-electron chi connectivity index (χ0n) is 11.3. The van der Waals surface area contributed by atoms with Crippen LogP contribution in [-0.4, -0.2) is 10.8 Å². The highest BCUT2D eigenvalue weighted by Gasteiger charge is 2.15. The molecule has 0 spiro atoms. The van der Waals surface area contributed by atoms with Gasteiger partial charge in [-0.15, -0.1) is 0 Å². The Morgan fingerprint density at radius 2 is 2.16 bits per heavy atom. The first kappa shape index (κ1) is 13.5. The molecule has 19 heavy (non-hydrogen) atoms. The maximum absolute atomic E-state index is 11.7. The number of Topliss-reactive ketones (excluding diaryl/α,β-unsaturated/α-hetero) is 1. The highest BCUT2D eigenvalue weighted by atomic mass is 32.1. The van der Waals surface area contributed by atoms with Crippen molar-refractivity contribution in [2.24, 2.45) is 0 Å². The number of carbonyl (C=O) groups is 1. The second-order valence-electron chi connectivity index (χ2n) is 4.38. The van der Waals surface area contributed by atoms with E-state index in [0.717, 1.165) is 5.69 Å². The van der Waals surface area contributed by atoms with E-state index < -0.39 is 0 Å². The van der Waals surface area contributed by atoms with Crippen molar-refractivity contribution in [2.45, 2.75) is 27.2 Å². The van der Waals surface area contributed by atoms with Gasteiger partial charge < -0.3 is 11.1 Å². The summed E-state index contributed by atoms with van der Waals surface area (Å²) in [6, 6.07) is 6.03. The lowest BCUT2D eigenvalue weighted by Crippen LogP contribution is -1.98. The molecule has 5 heteroatoms. The first-order valence-electron chi connectivity index (χ1n) is 6.15. The Balaban J connectivity index is 2.29. The van der Waals surface area contributed by atoms with E-state index in [0.29, 0.717) is 22.2 Å². The van der Waals surface area contributed by atoms with Crippen LogP contribution in [0.25, 0.3) is 0 Å². The zero-order valence-corrected chi connectivity index (χ0v) is 12.1. The molecule has 0 aliphatic carbocycles. The SMILES string of the molecule is CCC(=O)c1sc(Nc2cccc(C)c2C)nc1N. The third kappa shape index (κ3) is 2.76. The van der Waals surface area contributed by atoms with Crippen LogP contribution < -0.4 is 11.1 Å². The molecule has 1 aromatic carbocycles. The van der Waals surface area contributed by atoms with Crippen LogP contribution in [0, 0.1) is 13.8 Å². The Hall–Kier alpha value is -1.88. The van der Waals surface area contributed by atoms with E-state index >= 15 is 0 Å². The third-order valence-electron chi connectivity index (χ3n) is 3.07. The average molecular weight is 275 g/mol. The van der Waals surface area contributed by atoms with Crippen molar-refractivity contribution in [2.75, 3.05) is 11.1 Å². The van der Waals surface area contributed by atoms with Gasteiger partial charge in [0.2, 0.25) is 0 Å². The van der Waals surface area contributed by atoms with Gasteiger partial charge in [-0.2, -0.15) is 0 Å². The van der Waals surface area contributed by atoms with Crippen molar-refractivity contribution in [1.29, 1.82) is 0 Å². The Labute approximate surface area is 116 Å². The van der Waals surface area contributed by atoms with Crippen LogP contribution in [0.1, 0.15) is 34.1 Å². The molecule has 100 valence electrons. The van der Waals surface area contributed by atoms with Crippen molar-refractivity contribution in [3.63, 3.8) is 0 Å². The van der Waals surface area contributed by atoms with Crippen LogP contribution in [-0.2, 0) is 0 Å². The maximum atomic E-state index is 11.7. The number of nitrogen functional groups attached to an aromatic ring is 1. The Morgan fingerprint density at radius 3 is 2.84 bits per heavy atom. The van der Waals surface area contributed by atoms with Crippen LogP contribution in [0.5, 0.6) is 0 Å². The molecule has 0 saturated carbocycles. The lowest BCUT2D eigenvalue weighted by atomic mass is 10.1. The van der Waals surface area contributed by atoms with Gasteiger partial charge in [-0.1, -0.05) is 30.4 Å². The third-order valence-corrected chi connectivity index (χ3v) is 4.10. The lowest BCUT2D eigenvalue weighted by molar-refractivity contribution is 0.0992. The van der Waals surface area contributed by atoms with E-state index in [-0.39, 0.29) is 5.78 Å². The number of ketones is 1. The number of thiazole rings is 1. The predicted octanol–water partition coefficient (Wildman–Crippen LogP) is 3.68. The van der Waals surface area contributed by atoms with Crippen LogP contribution in [0.15, 0.2) is 18.2 Å². The topological polar surface area (TPSA) is 68.0 Å². The van der Waals surface area contributed by atoms with Crippen LogP contribution in [0.3, 0.4) is 0 Å². The van der Waals surface area contributed by atoms with Gasteiger partial charge in [-0.3, -0.25) is 4.79 Å². The minimum absolute atomic E-state index is 0.0315. The van der Waals surface area contributed by atoms with E-state index in [1.807, 2.05) is 26.0 Å². The summed E-state index contributed by atoms with van der Waals surface area (Å²) < 4.78 is 0. The van der Waals surface area contributed by atoms with Gasteiger partial charge in [0.05, 0.1) is 0 Å². The summed E-state index contributed by atoms with van der Waals surface area (Å²) in [6.07, 6.45) is 0.440. The summed E-state index contributed by atoms with van der Waals surface area (Å²) in [5.74, 6) is 0.341. The molecule has 2 rings (SSSR count). The first-order chi connectivity index (χ1) is 9.02. The summed E-state index contributed by atoms with van der Waals surface area (Å²) in [5.41, 5.74) is 9.14. The van der Waals surface area contributed by atoms with Crippen molar-refractivity contribution in [3.05, 3.63) is 34.2 Å². The van der Waals surface area contributed by atoms with E-state index in [1.165, 1.54) is 22.5 Å². The molecule has 2 aromatic rings. The van der Waals surface area contributed by atoms with Crippen LogP contribution in [0.2, 0.25) is 0 Å². The molecule has 0 atom stereocenters. The number of hydrogen-bond donors (Lipinski definition) is 2. The van der Waals surface area contributed by atoms with E-state index in [9.17, 15) is 4.79 Å². The Bertz CT molecular complexity index is 619. The molecule has 0 aliphatic heterocycles. The summed E-state index contributed by atoms with van der Waals surface area (Å²) in [5, 5.41) is 3.88. The van der Waals surface area contributed by atoms with E-state index in [2.05, 4.69) is 23.3 Å². The van der Waals surface area contributed by atoms with Crippen molar-refractivity contribution < 1.29 is 4.79 Å². The standard InChI is InChI=1S/C14H17N3OS/c1-4-11(18)12-13(15)17-14(19-12)16-10-7-5-6-8(2)9(10)3/h5-7H,4,15H2,1-3H3,(H,16,17). The fourth-order valence-electron chi connectivity index (χ4n) is 1.75. The Kier molecular flexibility index (Phi) is 3.85. The summed E-state index contributed by atoms with van der Waals surface area (Å²) in [6.45, 7) is 5.93. The molecule has 4 nitrogen and oxygen atoms in total. The molecule has 0 radical (unpaired) electrons. The second kappa shape index (κ2) is 5.40. The van der Waals surface area contributed by atoms with Gasteiger partial charge >= 0.3 is 0 Å². The number of nitrogens with zero attached hydrogens (tertiary/aromatic N) is 1. The monoisotopic (exact) mass is 275 g/mol. The van der Waals surface area contributed by atoms with Crippen LogP contribution in [0.4, 0.5) is 16.6 Å². The number of nitrogens with one attached hydrogen (secondary N) is 1. The minimum Gasteiger partial charge on any atom is -0.382 e. The number of benzene rings is 1. The molecule has 0 unspecified atom stereocenters. The van der Waals surface area contributed by atoms with Gasteiger partial charge in [-0.05, 0) is 31.0 Å². The molecular formula is C14H17N3OS. The number of nitrogens with two attached hydrogens (primary N) is 1. The molecule has 0 aliphatic rings. The fourth-order valence-corrected chi connectivity index (χ4v) is 2.65. The van der Waals surface area contributed by atoms with Gasteiger partial charge in [0, 0.05) is 12.1 Å². The highest BCUT2D eigenvalue weighted by Crippen LogP contribution is 2.30. The minimum atomic E-state index is 0.0315. The molecule has 1 heterocycles. The van der Waals surface area contributed by atoms with Gasteiger partial charge in [0.25, 0.3) is 0 Å². The lowest BCUT2D eigenvalue weighted by Gasteiger charge is -2.08. The largest absolute Gasteiger partial charge is 0.382 e. The molecular weight excluding hydrogens is 258 g/mol. The summed E-state index contributed by atoms with van der Waals surface area (Å²) in [4.78, 5) is 16.4. The molecule has 0 fully saturated rings. The van der Waals surface area contributed by atoms with E-state index in [4.69, 9.17) is 5.73 Å². The quantitative estimate of drug-likeness (QED) is 0.835. The molecule has 1 aromatic heterocycles. The predicted molar refractivity (Wildman–Crippen MR) is 80.3 cm³/mol. The second-order valence-corrected chi connectivity index (χ2v) is 5.38. The smallest absolute Gasteiger partial charge is 0.189 e. The van der Waals surface area contributed by atoms with Gasteiger partial charge in [0.15, 0.2) is 10.9 Å². The fraction of sp³-hybridized carbons (Fsp3) is 0.286. The number of aromatic nitrogens is 1. The summed E-state index contributed by atoms with van der Waals surface area (Å²) in [7, 11) is 0. The molecule has 0 amide bonds. The van der Waals surface area contributed by atoms with Gasteiger partial charge in [0.1, 0.15) is 10.7 Å². The zero-order chi connectivity index (χ0) is 14.0. The van der Waals surface area contributed by atoms with E-state index in [1.54, 1.807) is 0 Å². The normalized spacial score (nSPS) is 10.5. The number of carbonyl (C=O) groups excluding carboxylic acids is 1. The molecule has 0 saturated heterocycles. The van der Waals surface area contributed by atoms with Gasteiger partial charge in [-0.25, -0.2) is 4.98 Å². The molecule has 3 N–H and O–H groups in total. The summed E-state index contributed by atoms with van der Waals surface area (Å²) >= 11 is 1.30. The van der Waals surface area contributed by atoms with Crippen molar-refractivity contribution in [3.8, 4) is 0 Å². The number of rotatable bonds is 4. The average Bonchev–Trinajstić information content (AvgIpc) is 2.75. The van der Waals surface area contributed by atoms with Crippen molar-refractivity contribution >= 4 is 33.8 Å². The number of hydrogen-bond acceptors (Lipinski definition) is 5. The maximum Gasteiger partial charge on any atom is 0.189 e. The first-order valence-corrected chi connectivity index (χ1v) is 6.97. The number of aryl methyl sites for hydroxylation is 1.